The van der Waals surface area contributed by atoms with E-state index >= 15 is 0 Å². The van der Waals surface area contributed by atoms with Gasteiger partial charge in [-0.15, -0.1) is 0 Å². The molecule has 0 amide bonds. The molecule has 0 radical (unpaired) electrons. The topological polar surface area (TPSA) is 50.7 Å². The zero-order chi connectivity index (χ0) is 19.1. The highest BCUT2D eigenvalue weighted by molar-refractivity contribution is 9.10. The summed E-state index contributed by atoms with van der Waals surface area (Å²) in [5.74, 6) is 0.736. The number of hydrogen-bond acceptors (Lipinski definition) is 4. The number of hydrogen-bond donors (Lipinski definition) is 2. The van der Waals surface area contributed by atoms with Crippen LogP contribution in [0, 0.1) is 5.82 Å². The fraction of sp³-hybridized carbons (Fsp3) is 0.368. The van der Waals surface area contributed by atoms with Crippen LogP contribution in [0.4, 0.5) is 4.39 Å². The SMILES string of the molecule is CC[C@H](CO)NCc1cc(Br)c(OCc2ccc(F)cc2Cl)c(OC)c1. The number of rotatable bonds is 9. The molecule has 7 heteroatoms. The van der Waals surface area contributed by atoms with Gasteiger partial charge in [0.15, 0.2) is 11.5 Å². The molecule has 142 valence electrons. The summed E-state index contributed by atoms with van der Waals surface area (Å²) in [5.41, 5.74) is 1.68. The monoisotopic (exact) mass is 445 g/mol. The van der Waals surface area contributed by atoms with Crippen LogP contribution in [0.3, 0.4) is 0 Å². The standard InChI is InChI=1S/C19H22BrClFNO3/c1-3-15(10-24)23-9-12-6-16(20)19(18(7-12)25-2)26-11-13-4-5-14(22)8-17(13)21/h4-8,15,23-24H,3,9-11H2,1-2H3/t15-/m1/s1. The van der Waals surface area contributed by atoms with Gasteiger partial charge in [-0.25, -0.2) is 4.39 Å². The number of halogens is 3. The first-order chi connectivity index (χ1) is 12.5. The van der Waals surface area contributed by atoms with Gasteiger partial charge in [-0.3, -0.25) is 0 Å². The third-order valence-electron chi connectivity index (χ3n) is 3.98. The number of benzene rings is 2. The summed E-state index contributed by atoms with van der Waals surface area (Å²) in [6.07, 6.45) is 0.842. The molecule has 2 rings (SSSR count). The Morgan fingerprint density at radius 1 is 1.31 bits per heavy atom. The minimum absolute atomic E-state index is 0.0521. The van der Waals surface area contributed by atoms with E-state index in [2.05, 4.69) is 21.2 Å². The molecule has 0 aliphatic rings. The zero-order valence-corrected chi connectivity index (χ0v) is 17.0. The Hall–Kier alpha value is -1.34. The van der Waals surface area contributed by atoms with Crippen molar-refractivity contribution in [1.29, 1.82) is 0 Å². The van der Waals surface area contributed by atoms with E-state index in [-0.39, 0.29) is 25.1 Å². The Labute approximate surface area is 166 Å². The van der Waals surface area contributed by atoms with E-state index in [1.807, 2.05) is 19.1 Å². The minimum atomic E-state index is -0.386. The first kappa shape index (κ1) is 21.0. The summed E-state index contributed by atoms with van der Waals surface area (Å²) < 4.78 is 25.2. The lowest BCUT2D eigenvalue weighted by molar-refractivity contribution is 0.238. The predicted octanol–water partition coefficient (Wildman–Crippen LogP) is 4.69. The molecular formula is C19H22BrClFNO3. The van der Waals surface area contributed by atoms with E-state index in [1.54, 1.807) is 13.2 Å². The van der Waals surface area contributed by atoms with Gasteiger partial charge in [0.1, 0.15) is 12.4 Å². The van der Waals surface area contributed by atoms with Crippen molar-refractivity contribution in [3.63, 3.8) is 0 Å². The largest absolute Gasteiger partial charge is 0.493 e. The Balaban J connectivity index is 2.13. The minimum Gasteiger partial charge on any atom is -0.493 e. The van der Waals surface area contributed by atoms with E-state index < -0.39 is 0 Å². The zero-order valence-electron chi connectivity index (χ0n) is 14.7. The molecule has 0 aliphatic heterocycles. The number of ether oxygens (including phenoxy) is 2. The molecule has 0 saturated carbocycles. The van der Waals surface area contributed by atoms with Crippen LogP contribution in [0.25, 0.3) is 0 Å². The molecule has 2 aromatic rings. The average Bonchev–Trinajstić information content (AvgIpc) is 2.62. The molecule has 0 heterocycles. The van der Waals surface area contributed by atoms with Gasteiger partial charge < -0.3 is 19.9 Å². The number of aliphatic hydroxyl groups excluding tert-OH is 1. The second-order valence-corrected chi connectivity index (χ2v) is 7.06. The molecule has 0 aromatic heterocycles. The maximum absolute atomic E-state index is 13.1. The highest BCUT2D eigenvalue weighted by Gasteiger charge is 2.14. The van der Waals surface area contributed by atoms with Crippen molar-refractivity contribution in [2.24, 2.45) is 0 Å². The van der Waals surface area contributed by atoms with Crippen molar-refractivity contribution < 1.29 is 19.0 Å². The van der Waals surface area contributed by atoms with Crippen LogP contribution >= 0.6 is 27.5 Å². The van der Waals surface area contributed by atoms with E-state index in [1.165, 1.54) is 12.1 Å². The number of methoxy groups -OCH3 is 1. The van der Waals surface area contributed by atoms with E-state index in [0.717, 1.165) is 16.5 Å². The summed E-state index contributed by atoms with van der Waals surface area (Å²) in [6, 6.07) is 8.06. The van der Waals surface area contributed by atoms with E-state index in [4.69, 9.17) is 21.1 Å². The van der Waals surface area contributed by atoms with Crippen molar-refractivity contribution in [3.8, 4) is 11.5 Å². The van der Waals surface area contributed by atoms with Crippen molar-refractivity contribution in [1.82, 2.24) is 5.32 Å². The fourth-order valence-electron chi connectivity index (χ4n) is 2.40. The van der Waals surface area contributed by atoms with Crippen LogP contribution in [0.15, 0.2) is 34.8 Å². The summed E-state index contributed by atoms with van der Waals surface area (Å²) in [7, 11) is 1.57. The van der Waals surface area contributed by atoms with Crippen molar-refractivity contribution >= 4 is 27.5 Å². The summed E-state index contributed by atoms with van der Waals surface area (Å²) >= 11 is 9.55. The van der Waals surface area contributed by atoms with Crippen molar-refractivity contribution in [2.75, 3.05) is 13.7 Å². The third-order valence-corrected chi connectivity index (χ3v) is 4.93. The highest BCUT2D eigenvalue weighted by atomic mass is 79.9. The maximum atomic E-state index is 13.1. The second kappa shape index (κ2) is 10.1. The van der Waals surface area contributed by atoms with Crippen LogP contribution in [-0.4, -0.2) is 24.9 Å². The smallest absolute Gasteiger partial charge is 0.175 e. The highest BCUT2D eigenvalue weighted by Crippen LogP contribution is 2.37. The van der Waals surface area contributed by atoms with Gasteiger partial charge >= 0.3 is 0 Å². The van der Waals surface area contributed by atoms with Gasteiger partial charge in [-0.05, 0) is 52.2 Å². The van der Waals surface area contributed by atoms with E-state index in [9.17, 15) is 9.50 Å². The molecule has 4 nitrogen and oxygen atoms in total. The van der Waals surface area contributed by atoms with Crippen LogP contribution < -0.4 is 14.8 Å². The van der Waals surface area contributed by atoms with E-state index in [0.29, 0.717) is 28.6 Å². The van der Waals surface area contributed by atoms with Gasteiger partial charge in [0, 0.05) is 18.2 Å². The van der Waals surface area contributed by atoms with Gasteiger partial charge in [0.25, 0.3) is 0 Å². The fourth-order valence-corrected chi connectivity index (χ4v) is 3.23. The lowest BCUT2D eigenvalue weighted by Gasteiger charge is -2.17. The molecule has 0 aliphatic carbocycles. The lowest BCUT2D eigenvalue weighted by Crippen LogP contribution is -2.31. The molecule has 0 spiro atoms. The lowest BCUT2D eigenvalue weighted by atomic mass is 10.1. The predicted molar refractivity (Wildman–Crippen MR) is 104 cm³/mol. The summed E-state index contributed by atoms with van der Waals surface area (Å²) in [6.45, 7) is 2.89. The summed E-state index contributed by atoms with van der Waals surface area (Å²) in [4.78, 5) is 0. The third kappa shape index (κ3) is 5.58. The molecule has 0 unspecified atom stereocenters. The molecule has 2 aromatic carbocycles. The molecule has 2 N–H and O–H groups in total. The molecule has 0 bridgehead atoms. The van der Waals surface area contributed by atoms with Crippen molar-refractivity contribution in [2.45, 2.75) is 32.5 Å². The van der Waals surface area contributed by atoms with Crippen LogP contribution in [0.5, 0.6) is 11.5 Å². The quantitative estimate of drug-likeness (QED) is 0.587. The van der Waals surface area contributed by atoms with Crippen LogP contribution in [0.2, 0.25) is 5.02 Å². The van der Waals surface area contributed by atoms with Crippen molar-refractivity contribution in [3.05, 3.63) is 56.8 Å². The number of aliphatic hydroxyl groups is 1. The number of nitrogens with one attached hydrogen (secondary N) is 1. The Morgan fingerprint density at radius 3 is 2.69 bits per heavy atom. The summed E-state index contributed by atoms with van der Waals surface area (Å²) in [5, 5.41) is 12.9. The molecule has 0 saturated heterocycles. The normalized spacial score (nSPS) is 12.1. The van der Waals surface area contributed by atoms with Gasteiger partial charge in [0.05, 0.1) is 23.2 Å². The molecule has 0 fully saturated rings. The Kier molecular flexibility index (Phi) is 8.15. The molecule has 26 heavy (non-hydrogen) atoms. The Morgan fingerprint density at radius 2 is 2.08 bits per heavy atom. The molecular weight excluding hydrogens is 425 g/mol. The van der Waals surface area contributed by atoms with Crippen LogP contribution in [0.1, 0.15) is 24.5 Å². The maximum Gasteiger partial charge on any atom is 0.175 e. The Bertz CT molecular complexity index is 741. The second-order valence-electron chi connectivity index (χ2n) is 5.80. The first-order valence-electron chi connectivity index (χ1n) is 8.25. The molecule has 1 atom stereocenters. The van der Waals surface area contributed by atoms with Gasteiger partial charge in [0.2, 0.25) is 0 Å². The van der Waals surface area contributed by atoms with Gasteiger partial charge in [-0.1, -0.05) is 24.6 Å². The average molecular weight is 447 g/mol. The van der Waals surface area contributed by atoms with Crippen LogP contribution in [-0.2, 0) is 13.2 Å². The van der Waals surface area contributed by atoms with Gasteiger partial charge in [-0.2, -0.15) is 0 Å². The first-order valence-corrected chi connectivity index (χ1v) is 9.42.